The quantitative estimate of drug-likeness (QED) is 0.355. The van der Waals surface area contributed by atoms with Crippen LogP contribution in [0.2, 0.25) is 0 Å². The standard InChI is InChI=1S/Ca.H4O6P2.Zn.2H/c;1-7(2)6-8(3,4)5;;;/h;1-2H,(H2,3,4,5);;;. The van der Waals surface area contributed by atoms with Crippen LogP contribution in [-0.2, 0) is 28.4 Å². The van der Waals surface area contributed by atoms with Crippen molar-refractivity contribution < 1.29 is 47.9 Å². The van der Waals surface area contributed by atoms with E-state index in [1.54, 1.807) is 0 Å². The van der Waals surface area contributed by atoms with Crippen molar-refractivity contribution in [3.8, 4) is 0 Å². The van der Waals surface area contributed by atoms with Gasteiger partial charge in [0.1, 0.15) is 0 Å². The van der Waals surface area contributed by atoms with Gasteiger partial charge in [0.05, 0.1) is 0 Å². The van der Waals surface area contributed by atoms with Crippen LogP contribution in [0.5, 0.6) is 0 Å². The third kappa shape index (κ3) is 16.7. The normalized spacial score (nSPS) is 10.1. The van der Waals surface area contributed by atoms with Gasteiger partial charge >= 0.3 is 54.2 Å². The van der Waals surface area contributed by atoms with Gasteiger partial charge in [0, 0.05) is 19.5 Å². The van der Waals surface area contributed by atoms with Crippen LogP contribution in [-0.4, -0.2) is 57.3 Å². The SMILES string of the molecule is O=P(O)(O)OP(O)O.[CaH2].[Zn]. The van der Waals surface area contributed by atoms with Crippen LogP contribution in [0, 0.1) is 0 Å². The van der Waals surface area contributed by atoms with Crippen molar-refractivity contribution in [1.82, 2.24) is 0 Å². The van der Waals surface area contributed by atoms with E-state index in [0.717, 1.165) is 0 Å². The fourth-order valence-electron chi connectivity index (χ4n) is 0.0951. The Balaban J connectivity index is -0.000000245. The molecular weight excluding hydrogens is 263 g/mol. The molecule has 0 atom stereocenters. The zero-order valence-electron chi connectivity index (χ0n) is 4.21. The Morgan fingerprint density at radius 1 is 1.30 bits per heavy atom. The van der Waals surface area contributed by atoms with E-state index in [0.29, 0.717) is 0 Å². The second kappa shape index (κ2) is 7.96. The van der Waals surface area contributed by atoms with Gasteiger partial charge in [-0.05, 0) is 0 Å². The van der Waals surface area contributed by atoms with Gasteiger partial charge in [-0.3, -0.25) is 0 Å². The van der Waals surface area contributed by atoms with Gasteiger partial charge in [-0.1, -0.05) is 0 Å². The Labute approximate surface area is 101 Å². The Morgan fingerprint density at radius 3 is 1.60 bits per heavy atom. The van der Waals surface area contributed by atoms with E-state index in [4.69, 9.17) is 19.6 Å². The minimum Gasteiger partial charge on any atom is 0 e. The first kappa shape index (κ1) is 18.2. The van der Waals surface area contributed by atoms with Gasteiger partial charge in [-0.15, -0.1) is 0 Å². The molecule has 0 aromatic rings. The molecule has 0 aliphatic rings. The summed E-state index contributed by atoms with van der Waals surface area (Å²) in [7, 11) is -7.64. The first-order chi connectivity index (χ1) is 3.42. The van der Waals surface area contributed by atoms with Gasteiger partial charge in [0.2, 0.25) is 0 Å². The van der Waals surface area contributed by atoms with Crippen molar-refractivity contribution in [3.63, 3.8) is 0 Å². The molecule has 0 saturated carbocycles. The first-order valence-corrected chi connectivity index (χ1v) is 4.04. The van der Waals surface area contributed by atoms with Crippen LogP contribution in [0.15, 0.2) is 0 Å². The van der Waals surface area contributed by atoms with E-state index in [1.165, 1.54) is 0 Å². The summed E-state index contributed by atoms with van der Waals surface area (Å²) in [5, 5.41) is 0. The number of phosphoric acid groups is 1. The molecule has 0 spiro atoms. The Bertz CT molecular complexity index is 108. The molecule has 0 rings (SSSR count). The Kier molecular flexibility index (Phi) is 14.5. The monoisotopic (exact) mass is 268 g/mol. The summed E-state index contributed by atoms with van der Waals surface area (Å²) < 4.78 is 12.9. The van der Waals surface area contributed by atoms with Gasteiger partial charge in [0.25, 0.3) is 0 Å². The molecule has 6 nitrogen and oxygen atoms in total. The van der Waals surface area contributed by atoms with Crippen molar-refractivity contribution in [1.29, 1.82) is 0 Å². The van der Waals surface area contributed by atoms with Crippen molar-refractivity contribution in [2.75, 3.05) is 0 Å². The summed E-state index contributed by atoms with van der Waals surface area (Å²) in [4.78, 5) is 31.1. The smallest absolute Gasteiger partial charge is 0 e. The van der Waals surface area contributed by atoms with Crippen LogP contribution in [0.1, 0.15) is 0 Å². The van der Waals surface area contributed by atoms with Gasteiger partial charge in [0.15, 0.2) is 0 Å². The van der Waals surface area contributed by atoms with Crippen LogP contribution in [0.25, 0.3) is 0 Å². The molecule has 0 aliphatic carbocycles. The van der Waals surface area contributed by atoms with Gasteiger partial charge in [-0.25, -0.2) is 8.88 Å². The summed E-state index contributed by atoms with van der Waals surface area (Å²) in [6, 6.07) is 0. The van der Waals surface area contributed by atoms with Crippen LogP contribution < -0.4 is 0 Å². The van der Waals surface area contributed by atoms with Crippen molar-refractivity contribution >= 4 is 54.2 Å². The minimum absolute atomic E-state index is 0. The summed E-state index contributed by atoms with van der Waals surface area (Å²) in [6.45, 7) is 0. The predicted octanol–water partition coefficient (Wildman–Crippen LogP) is -1.61. The number of rotatable bonds is 2. The van der Waals surface area contributed by atoms with E-state index < -0.39 is 16.4 Å². The molecular formula is H6CaO6P2Zn. The summed E-state index contributed by atoms with van der Waals surface area (Å²) in [6.07, 6.45) is 0. The predicted molar refractivity (Wildman–Crippen MR) is 33.0 cm³/mol. The van der Waals surface area contributed by atoms with E-state index in [1.807, 2.05) is 0 Å². The van der Waals surface area contributed by atoms with Crippen molar-refractivity contribution in [3.05, 3.63) is 0 Å². The number of hydrogen-bond donors (Lipinski definition) is 4. The molecule has 0 fully saturated rings. The summed E-state index contributed by atoms with van der Waals surface area (Å²) in [5.74, 6) is 0. The minimum atomic E-state index is -4.69. The van der Waals surface area contributed by atoms with Crippen molar-refractivity contribution in [2.24, 2.45) is 0 Å². The summed E-state index contributed by atoms with van der Waals surface area (Å²) >= 11 is 0. The molecule has 0 heterocycles. The fourth-order valence-corrected chi connectivity index (χ4v) is 0.856. The maximum atomic E-state index is 9.61. The van der Waals surface area contributed by atoms with Crippen LogP contribution >= 0.6 is 16.4 Å². The van der Waals surface area contributed by atoms with Gasteiger partial charge < -0.3 is 19.6 Å². The molecule has 0 bridgehead atoms. The average Bonchev–Trinajstić information content (AvgIpc) is 1.21. The second-order valence-corrected chi connectivity index (χ2v) is 2.96. The molecule has 0 unspecified atom stereocenters. The first-order valence-electron chi connectivity index (χ1n) is 1.35. The average molecular weight is 269 g/mol. The molecule has 0 aliphatic heterocycles. The molecule has 0 saturated heterocycles. The maximum absolute atomic E-state index is 9.61. The zero-order chi connectivity index (χ0) is 6.78. The van der Waals surface area contributed by atoms with E-state index >= 15 is 0 Å². The largest absolute Gasteiger partial charge is 0 e. The molecule has 4 N–H and O–H groups in total. The Hall–Kier alpha value is 2.34. The summed E-state index contributed by atoms with van der Waals surface area (Å²) in [5.41, 5.74) is 0. The molecule has 10 heavy (non-hydrogen) atoms. The third-order valence-corrected chi connectivity index (χ3v) is 1.61. The molecule has 10 heteroatoms. The molecule has 0 radical (unpaired) electrons. The molecule has 0 aromatic carbocycles. The maximum Gasteiger partial charge on any atom is 0 e. The van der Waals surface area contributed by atoms with E-state index in [-0.39, 0.29) is 57.2 Å². The topological polar surface area (TPSA) is 107 Å². The van der Waals surface area contributed by atoms with Crippen LogP contribution in [0.4, 0.5) is 0 Å². The molecule has 0 amide bonds. The molecule has 56 valence electrons. The van der Waals surface area contributed by atoms with E-state index in [9.17, 15) is 4.57 Å². The number of hydrogen-bond acceptors (Lipinski definition) is 4. The van der Waals surface area contributed by atoms with E-state index in [2.05, 4.69) is 4.31 Å². The van der Waals surface area contributed by atoms with Crippen molar-refractivity contribution in [2.45, 2.75) is 0 Å². The van der Waals surface area contributed by atoms with Gasteiger partial charge in [-0.2, -0.15) is 0 Å². The fraction of sp³-hybridized carbons (Fsp3) is 0. The Morgan fingerprint density at radius 2 is 1.60 bits per heavy atom. The second-order valence-electron chi connectivity index (χ2n) is 0.825. The zero-order valence-corrected chi connectivity index (χ0v) is 8.96. The third-order valence-electron chi connectivity index (χ3n) is 0.179. The van der Waals surface area contributed by atoms with Crippen LogP contribution in [0.3, 0.4) is 0 Å². The molecule has 0 aromatic heterocycles.